The Bertz CT molecular complexity index is 14.4. The summed E-state index contributed by atoms with van der Waals surface area (Å²) < 4.78 is 0. The Labute approximate surface area is 75.8 Å². The van der Waals surface area contributed by atoms with Gasteiger partial charge >= 0.3 is 51.4 Å². The third-order valence-corrected chi connectivity index (χ3v) is 0. The van der Waals surface area contributed by atoms with E-state index in [1.54, 1.807) is 0 Å². The van der Waals surface area contributed by atoms with Gasteiger partial charge in [0.25, 0.3) is 0 Å². The second kappa shape index (κ2) is 18.9. The van der Waals surface area contributed by atoms with Crippen molar-refractivity contribution in [2.75, 3.05) is 0 Å². The van der Waals surface area contributed by atoms with Crippen molar-refractivity contribution in [2.45, 2.75) is 0 Å². The summed E-state index contributed by atoms with van der Waals surface area (Å²) in [7, 11) is 0. The van der Waals surface area contributed by atoms with Crippen LogP contribution in [0.4, 0.5) is 0 Å². The van der Waals surface area contributed by atoms with E-state index in [9.17, 15) is 0 Å². The molecule has 0 saturated heterocycles. The molecule has 0 radical (unpaired) electrons. The van der Waals surface area contributed by atoms with Crippen LogP contribution in [-0.2, 0) is 0 Å². The van der Waals surface area contributed by atoms with Gasteiger partial charge in [0.1, 0.15) is 0 Å². The van der Waals surface area contributed by atoms with Gasteiger partial charge in [0.05, 0.1) is 0 Å². The van der Waals surface area contributed by atoms with Crippen molar-refractivity contribution < 1.29 is 51.4 Å². The Morgan fingerprint density at radius 1 is 1.60 bits per heavy atom. The van der Waals surface area contributed by atoms with Gasteiger partial charge in [-0.2, -0.15) is 0 Å². The van der Waals surface area contributed by atoms with Gasteiger partial charge in [-0.1, -0.05) is 0 Å². The predicted octanol–water partition coefficient (Wildman–Crippen LogP) is -1.83. The summed E-state index contributed by atoms with van der Waals surface area (Å²) in [5, 5.41) is 0. The molecule has 0 saturated carbocycles. The van der Waals surface area contributed by atoms with Crippen molar-refractivity contribution >= 4 is 0 Å². The summed E-state index contributed by atoms with van der Waals surface area (Å²) in [6, 6.07) is 0. The molecule has 0 aliphatic heterocycles. The van der Waals surface area contributed by atoms with Gasteiger partial charge in [-0.15, -0.1) is 0 Å². The minimum Gasteiger partial charge on any atom is -0.344 e. The van der Waals surface area contributed by atoms with E-state index in [0.29, 0.717) is 0 Å². The topological polar surface area (TPSA) is 35.0 Å². The van der Waals surface area contributed by atoms with E-state index >= 15 is 0 Å². The number of rotatable bonds is 0. The van der Waals surface area contributed by atoms with Crippen LogP contribution in [0.2, 0.25) is 0 Å². The summed E-state index contributed by atoms with van der Waals surface area (Å²) in [6.45, 7) is 6.50. The molecule has 26 valence electrons. The fourth-order valence-corrected chi connectivity index (χ4v) is 0. The molecule has 0 heterocycles. The molecule has 3 N–H and O–H groups in total. The van der Waals surface area contributed by atoms with Crippen LogP contribution in [0, 0.1) is 6.92 Å². The second-order valence-electron chi connectivity index (χ2n) is 0.289. The zero-order chi connectivity index (χ0) is 2.71. The fourth-order valence-electron chi connectivity index (χ4n) is 0. The molecule has 0 unspecified atom stereocenters. The predicted molar refractivity (Wildman–Crippen MR) is 20.6 cm³/mol. The fraction of sp³-hybridized carbons (Fsp3) is 0. The standard InChI is InChI=1S/C3H5.K.H3N/c1-3-2;;/h3H,1-2H2;;1H3/q-1;+1;. The van der Waals surface area contributed by atoms with Crippen LogP contribution in [0.15, 0.2) is 12.7 Å². The Morgan fingerprint density at radius 2 is 1.60 bits per heavy atom. The van der Waals surface area contributed by atoms with E-state index in [1.165, 1.54) is 6.08 Å². The number of hydrogen-bond acceptors (Lipinski definition) is 1. The molecule has 0 rings (SSSR count). The summed E-state index contributed by atoms with van der Waals surface area (Å²) in [6.07, 6.45) is 1.50. The summed E-state index contributed by atoms with van der Waals surface area (Å²) >= 11 is 0. The van der Waals surface area contributed by atoms with Gasteiger partial charge in [-0.05, 0) is 0 Å². The number of hydrogen-bond donors (Lipinski definition) is 1. The first-order chi connectivity index (χ1) is 1.41. The molecule has 0 aromatic carbocycles. The van der Waals surface area contributed by atoms with E-state index in [0.717, 1.165) is 0 Å². The molecule has 0 aromatic rings. The molecule has 0 aliphatic rings. The molecule has 5 heavy (non-hydrogen) atoms. The quantitative estimate of drug-likeness (QED) is 0.280. The SMILES string of the molecule is C=C[CH2-].N.[K+]. The molecule has 0 spiro atoms. The Morgan fingerprint density at radius 3 is 1.60 bits per heavy atom. The van der Waals surface area contributed by atoms with Gasteiger partial charge in [0, 0.05) is 0 Å². The van der Waals surface area contributed by atoms with Crippen LogP contribution in [0.3, 0.4) is 0 Å². The first-order valence-corrected chi connectivity index (χ1v) is 0.816. The molecular weight excluding hydrogens is 89.1 g/mol. The van der Waals surface area contributed by atoms with Crippen molar-refractivity contribution in [3.8, 4) is 0 Å². The molecule has 2 heteroatoms. The van der Waals surface area contributed by atoms with E-state index < -0.39 is 0 Å². The zero-order valence-corrected chi connectivity index (χ0v) is 6.82. The second-order valence-corrected chi connectivity index (χ2v) is 0.289. The van der Waals surface area contributed by atoms with Gasteiger partial charge < -0.3 is 6.15 Å². The van der Waals surface area contributed by atoms with E-state index in [1.807, 2.05) is 0 Å². The molecule has 0 aliphatic carbocycles. The zero-order valence-electron chi connectivity index (χ0n) is 3.70. The Hall–Kier alpha value is 1.21. The summed E-state index contributed by atoms with van der Waals surface area (Å²) in [4.78, 5) is 0. The van der Waals surface area contributed by atoms with Crippen molar-refractivity contribution in [3.63, 3.8) is 0 Å². The van der Waals surface area contributed by atoms with Crippen molar-refractivity contribution in [2.24, 2.45) is 0 Å². The molecule has 0 atom stereocenters. The molecule has 0 aromatic heterocycles. The minimum atomic E-state index is 0. The molecule has 0 fully saturated rings. The van der Waals surface area contributed by atoms with Gasteiger partial charge in [-0.3, -0.25) is 0 Å². The largest absolute Gasteiger partial charge is 1.00 e. The molecular formula is C3H8KN. The maximum atomic E-state index is 3.25. The summed E-state index contributed by atoms with van der Waals surface area (Å²) in [5.74, 6) is 0. The molecule has 1 nitrogen and oxygen atoms in total. The summed E-state index contributed by atoms with van der Waals surface area (Å²) in [5.41, 5.74) is 0. The van der Waals surface area contributed by atoms with E-state index in [4.69, 9.17) is 0 Å². The maximum Gasteiger partial charge on any atom is 1.00 e. The molecule has 0 bridgehead atoms. The van der Waals surface area contributed by atoms with Crippen LogP contribution in [0.25, 0.3) is 0 Å². The van der Waals surface area contributed by atoms with Crippen LogP contribution in [0.5, 0.6) is 0 Å². The first-order valence-electron chi connectivity index (χ1n) is 0.816. The Kier molecular flexibility index (Phi) is 61.9. The normalized spacial score (nSPS) is 2.40. The van der Waals surface area contributed by atoms with Crippen LogP contribution in [-0.4, -0.2) is 0 Å². The van der Waals surface area contributed by atoms with E-state index in [2.05, 4.69) is 13.5 Å². The van der Waals surface area contributed by atoms with Gasteiger partial charge in [-0.25, -0.2) is 19.6 Å². The average Bonchev–Trinajstić information content (AvgIpc) is 0.918. The van der Waals surface area contributed by atoms with Crippen molar-refractivity contribution in [1.82, 2.24) is 6.15 Å². The van der Waals surface area contributed by atoms with Crippen molar-refractivity contribution in [1.29, 1.82) is 0 Å². The van der Waals surface area contributed by atoms with Crippen LogP contribution < -0.4 is 57.5 Å². The third-order valence-electron chi connectivity index (χ3n) is 0. The average molecular weight is 97.2 g/mol. The van der Waals surface area contributed by atoms with Crippen LogP contribution >= 0.6 is 0 Å². The van der Waals surface area contributed by atoms with Crippen molar-refractivity contribution in [3.05, 3.63) is 19.6 Å². The first kappa shape index (κ1) is 16.4. The Balaban J connectivity index is -0.0000000200. The number of allylic oxidation sites excluding steroid dienone is 1. The van der Waals surface area contributed by atoms with Crippen LogP contribution in [0.1, 0.15) is 0 Å². The third kappa shape index (κ3) is 36.8. The van der Waals surface area contributed by atoms with Gasteiger partial charge in [0.15, 0.2) is 0 Å². The maximum absolute atomic E-state index is 3.25. The minimum absolute atomic E-state index is 0. The smallest absolute Gasteiger partial charge is 0.344 e. The molecule has 0 amide bonds. The van der Waals surface area contributed by atoms with Gasteiger partial charge in [0.2, 0.25) is 0 Å². The van der Waals surface area contributed by atoms with E-state index in [-0.39, 0.29) is 57.5 Å². The monoisotopic (exact) mass is 97.0 g/mol.